The van der Waals surface area contributed by atoms with Gasteiger partial charge in [-0.15, -0.1) is 11.3 Å². The first-order valence-electron chi connectivity index (χ1n) is 6.43. The van der Waals surface area contributed by atoms with Gasteiger partial charge in [0.05, 0.1) is 10.4 Å². The number of benzene rings is 1. The Kier molecular flexibility index (Phi) is 3.17. The summed E-state index contributed by atoms with van der Waals surface area (Å²) in [6.45, 7) is 0. The molecule has 5 heteroatoms. The molecule has 1 aliphatic rings. The van der Waals surface area contributed by atoms with E-state index in [2.05, 4.69) is 16.0 Å². The lowest BCUT2D eigenvalue weighted by Gasteiger charge is -2.08. The summed E-state index contributed by atoms with van der Waals surface area (Å²) in [6.07, 6.45) is 1.16. The number of hydrogen-bond acceptors (Lipinski definition) is 4. The summed E-state index contributed by atoms with van der Waals surface area (Å²) in [5.74, 6) is 3.07. The number of halogens is 1. The number of fused-ring (bicyclic) bond motifs is 2. The maximum Gasteiger partial charge on any atom is 0.171 e. The van der Waals surface area contributed by atoms with Crippen molar-refractivity contribution >= 4 is 45.6 Å². The molecule has 1 aromatic carbocycles. The van der Waals surface area contributed by atoms with Crippen LogP contribution in [-0.2, 0) is 12.2 Å². The first-order valence-corrected chi connectivity index (χ1v) is 8.78. The van der Waals surface area contributed by atoms with Gasteiger partial charge in [0.15, 0.2) is 5.82 Å². The van der Waals surface area contributed by atoms with E-state index in [0.29, 0.717) is 5.15 Å². The molecule has 0 fully saturated rings. The van der Waals surface area contributed by atoms with Crippen molar-refractivity contribution in [2.24, 2.45) is 0 Å². The normalized spacial score (nSPS) is 14.4. The largest absolute Gasteiger partial charge is 0.227 e. The van der Waals surface area contributed by atoms with Crippen LogP contribution in [0.3, 0.4) is 0 Å². The zero-order valence-corrected chi connectivity index (χ0v) is 13.0. The molecular formula is C15H11ClN2S2. The minimum absolute atomic E-state index is 0.534. The molecule has 0 spiro atoms. The summed E-state index contributed by atoms with van der Waals surface area (Å²) >= 11 is 10.1. The van der Waals surface area contributed by atoms with Crippen LogP contribution in [-0.4, -0.2) is 15.7 Å². The average Bonchev–Trinajstić information content (AvgIpc) is 2.91. The monoisotopic (exact) mass is 318 g/mol. The molecule has 0 radical (unpaired) electrons. The molecule has 0 amide bonds. The number of aryl methyl sites for hydroxylation is 1. The summed E-state index contributed by atoms with van der Waals surface area (Å²) in [6, 6.07) is 10.1. The Bertz CT molecular complexity index is 774. The molecule has 0 bridgehead atoms. The zero-order chi connectivity index (χ0) is 13.5. The minimum Gasteiger partial charge on any atom is -0.227 e. The van der Waals surface area contributed by atoms with Gasteiger partial charge in [0, 0.05) is 16.0 Å². The third kappa shape index (κ3) is 2.12. The van der Waals surface area contributed by atoms with Gasteiger partial charge in [0.1, 0.15) is 5.15 Å². The maximum atomic E-state index is 6.29. The number of hydrogen-bond donors (Lipinski definition) is 0. The van der Waals surface area contributed by atoms with Crippen molar-refractivity contribution in [3.63, 3.8) is 0 Å². The Morgan fingerprint density at radius 1 is 1.15 bits per heavy atom. The second kappa shape index (κ2) is 5.02. The molecule has 3 heterocycles. The molecule has 0 atom stereocenters. The van der Waals surface area contributed by atoms with Gasteiger partial charge >= 0.3 is 0 Å². The predicted octanol–water partition coefficient (Wildman–Crippen LogP) is 4.80. The molecule has 0 aliphatic carbocycles. The summed E-state index contributed by atoms with van der Waals surface area (Å²) in [4.78, 5) is 11.7. The van der Waals surface area contributed by atoms with Crippen molar-refractivity contribution in [1.82, 2.24) is 9.97 Å². The molecule has 0 unspecified atom stereocenters. The van der Waals surface area contributed by atoms with Crippen molar-refractivity contribution in [1.29, 1.82) is 0 Å². The molecule has 0 saturated carbocycles. The lowest BCUT2D eigenvalue weighted by Crippen LogP contribution is -1.96. The molecule has 20 heavy (non-hydrogen) atoms. The Labute approximate surface area is 130 Å². The molecule has 0 saturated heterocycles. The molecule has 2 nitrogen and oxygen atoms in total. The van der Waals surface area contributed by atoms with E-state index in [0.717, 1.165) is 33.8 Å². The minimum atomic E-state index is 0.534. The SMILES string of the molecule is Clc1nc(-c2cc3c(s2)CCSC3)nc2ccccc12. The van der Waals surface area contributed by atoms with Crippen LogP contribution < -0.4 is 0 Å². The van der Waals surface area contributed by atoms with Gasteiger partial charge in [-0.2, -0.15) is 11.8 Å². The van der Waals surface area contributed by atoms with Crippen molar-refractivity contribution in [3.8, 4) is 10.7 Å². The van der Waals surface area contributed by atoms with E-state index in [4.69, 9.17) is 11.6 Å². The van der Waals surface area contributed by atoms with Crippen molar-refractivity contribution in [2.45, 2.75) is 12.2 Å². The van der Waals surface area contributed by atoms with Crippen LogP contribution in [0.25, 0.3) is 21.6 Å². The van der Waals surface area contributed by atoms with Crippen LogP contribution in [0.15, 0.2) is 30.3 Å². The molecule has 100 valence electrons. The fourth-order valence-corrected chi connectivity index (χ4v) is 4.95. The van der Waals surface area contributed by atoms with E-state index < -0.39 is 0 Å². The second-order valence-electron chi connectivity index (χ2n) is 4.72. The van der Waals surface area contributed by atoms with E-state index in [9.17, 15) is 0 Å². The smallest absolute Gasteiger partial charge is 0.171 e. The molecule has 0 N–H and O–H groups in total. The zero-order valence-electron chi connectivity index (χ0n) is 10.6. The van der Waals surface area contributed by atoms with Gasteiger partial charge < -0.3 is 0 Å². The quantitative estimate of drug-likeness (QED) is 0.603. The molecular weight excluding hydrogens is 308 g/mol. The van der Waals surface area contributed by atoms with Gasteiger partial charge in [-0.25, -0.2) is 9.97 Å². The summed E-state index contributed by atoms with van der Waals surface area (Å²) < 4.78 is 0. The van der Waals surface area contributed by atoms with Gasteiger partial charge in [0.25, 0.3) is 0 Å². The van der Waals surface area contributed by atoms with Crippen LogP contribution in [0.5, 0.6) is 0 Å². The van der Waals surface area contributed by atoms with Gasteiger partial charge in [-0.05, 0) is 35.9 Å². The second-order valence-corrected chi connectivity index (χ2v) is 7.32. The van der Waals surface area contributed by atoms with Crippen LogP contribution in [0.2, 0.25) is 5.15 Å². The Hall–Kier alpha value is -1.10. The number of thioether (sulfide) groups is 1. The van der Waals surface area contributed by atoms with E-state index in [1.807, 2.05) is 47.4 Å². The molecule has 4 rings (SSSR count). The fraction of sp³-hybridized carbons (Fsp3) is 0.200. The number of rotatable bonds is 1. The van der Waals surface area contributed by atoms with E-state index in [1.165, 1.54) is 16.2 Å². The summed E-state index contributed by atoms with van der Waals surface area (Å²) in [5.41, 5.74) is 2.34. The average molecular weight is 319 g/mol. The van der Waals surface area contributed by atoms with Gasteiger partial charge in [-0.3, -0.25) is 0 Å². The molecule has 2 aromatic heterocycles. The number of para-hydroxylation sites is 1. The molecule has 3 aromatic rings. The standard InChI is InChI=1S/C15H11ClN2S2/c16-14-10-3-1-2-4-11(10)17-15(18-14)13-7-9-8-19-6-5-12(9)20-13/h1-4,7H,5-6,8H2. The van der Waals surface area contributed by atoms with Gasteiger partial charge in [0.2, 0.25) is 0 Å². The highest BCUT2D eigenvalue weighted by Gasteiger charge is 2.16. The van der Waals surface area contributed by atoms with E-state index >= 15 is 0 Å². The molecule has 1 aliphatic heterocycles. The number of thiophene rings is 1. The lowest BCUT2D eigenvalue weighted by molar-refractivity contribution is 1.13. The third-order valence-electron chi connectivity index (χ3n) is 3.40. The highest BCUT2D eigenvalue weighted by molar-refractivity contribution is 7.98. The van der Waals surface area contributed by atoms with Crippen molar-refractivity contribution in [3.05, 3.63) is 45.9 Å². The van der Waals surface area contributed by atoms with Crippen molar-refractivity contribution in [2.75, 3.05) is 5.75 Å². The highest BCUT2D eigenvalue weighted by atomic mass is 35.5. The first kappa shape index (κ1) is 12.6. The van der Waals surface area contributed by atoms with Crippen LogP contribution in [0, 0.1) is 0 Å². The highest BCUT2D eigenvalue weighted by Crippen LogP contribution is 2.36. The third-order valence-corrected chi connectivity index (χ3v) is 5.93. The van der Waals surface area contributed by atoms with E-state index in [1.54, 1.807) is 0 Å². The van der Waals surface area contributed by atoms with Gasteiger partial charge in [-0.1, -0.05) is 23.7 Å². The summed E-state index contributed by atoms with van der Waals surface area (Å²) in [5, 5.41) is 1.45. The lowest BCUT2D eigenvalue weighted by atomic mass is 10.2. The first-order chi connectivity index (χ1) is 9.81. The number of nitrogens with zero attached hydrogens (tertiary/aromatic N) is 2. The van der Waals surface area contributed by atoms with Crippen LogP contribution in [0.4, 0.5) is 0 Å². The Morgan fingerprint density at radius 2 is 2.05 bits per heavy atom. The summed E-state index contributed by atoms with van der Waals surface area (Å²) in [7, 11) is 0. The van der Waals surface area contributed by atoms with E-state index in [-0.39, 0.29) is 0 Å². The van der Waals surface area contributed by atoms with Crippen LogP contribution in [0.1, 0.15) is 10.4 Å². The van der Waals surface area contributed by atoms with Crippen molar-refractivity contribution < 1.29 is 0 Å². The van der Waals surface area contributed by atoms with Crippen LogP contribution >= 0.6 is 34.7 Å². The fourth-order valence-electron chi connectivity index (χ4n) is 2.41. The maximum absolute atomic E-state index is 6.29. The Balaban J connectivity index is 1.87. The topological polar surface area (TPSA) is 25.8 Å². The number of aromatic nitrogens is 2. The predicted molar refractivity (Wildman–Crippen MR) is 87.7 cm³/mol. The Morgan fingerprint density at radius 3 is 2.95 bits per heavy atom.